The molecule has 0 aliphatic carbocycles. The summed E-state index contributed by atoms with van der Waals surface area (Å²) in [5.41, 5.74) is 2.18. The Hall–Kier alpha value is -1.35. The number of aliphatic hydroxyl groups is 1. The summed E-state index contributed by atoms with van der Waals surface area (Å²) in [6.07, 6.45) is 2.59. The maximum absolute atomic E-state index is 11.0. The summed E-state index contributed by atoms with van der Waals surface area (Å²) >= 11 is 6.08. The van der Waals surface area contributed by atoms with Gasteiger partial charge in [-0.05, 0) is 56.1 Å². The Morgan fingerprint density at radius 2 is 1.75 bits per heavy atom. The molecule has 0 radical (unpaired) electrons. The lowest BCUT2D eigenvalue weighted by molar-refractivity contribution is 0.0650. The van der Waals surface area contributed by atoms with E-state index in [0.29, 0.717) is 6.42 Å². The molecular formula is C21H26ClNO. The maximum atomic E-state index is 11.0. The molecule has 3 atom stereocenters. The van der Waals surface area contributed by atoms with Crippen LogP contribution in [0.2, 0.25) is 5.02 Å². The van der Waals surface area contributed by atoms with E-state index in [1.165, 1.54) is 17.5 Å². The molecule has 128 valence electrons. The SMILES string of the molecule is CN1CCC[C@@H]1C(O)C[C@](C)(c1ccccc1)c1ccc(Cl)cc1. The first-order valence-corrected chi connectivity index (χ1v) is 9.08. The molecule has 1 aliphatic heterocycles. The molecule has 1 heterocycles. The molecule has 24 heavy (non-hydrogen) atoms. The van der Waals surface area contributed by atoms with Gasteiger partial charge in [-0.15, -0.1) is 0 Å². The van der Waals surface area contributed by atoms with Crippen LogP contribution in [0.1, 0.15) is 37.3 Å². The lowest BCUT2D eigenvalue weighted by Gasteiger charge is -2.36. The molecule has 0 aromatic heterocycles. The second kappa shape index (κ2) is 7.26. The molecule has 3 heteroatoms. The van der Waals surface area contributed by atoms with Gasteiger partial charge in [-0.3, -0.25) is 0 Å². The molecule has 2 aromatic rings. The van der Waals surface area contributed by atoms with Crippen molar-refractivity contribution in [2.24, 2.45) is 0 Å². The second-order valence-corrected chi connectivity index (χ2v) is 7.60. The highest BCUT2D eigenvalue weighted by Gasteiger charge is 2.36. The molecule has 1 aliphatic rings. The van der Waals surface area contributed by atoms with Gasteiger partial charge < -0.3 is 10.0 Å². The van der Waals surface area contributed by atoms with E-state index in [1.807, 2.05) is 18.2 Å². The van der Waals surface area contributed by atoms with Gasteiger partial charge in [0.1, 0.15) is 0 Å². The van der Waals surface area contributed by atoms with Gasteiger partial charge in [0, 0.05) is 16.5 Å². The van der Waals surface area contributed by atoms with Crippen molar-refractivity contribution in [2.75, 3.05) is 13.6 Å². The molecule has 2 aromatic carbocycles. The number of nitrogens with zero attached hydrogens (tertiary/aromatic N) is 1. The fourth-order valence-corrected chi connectivity index (χ4v) is 4.13. The zero-order valence-corrected chi connectivity index (χ0v) is 15.2. The predicted molar refractivity (Wildman–Crippen MR) is 101 cm³/mol. The average Bonchev–Trinajstić information content (AvgIpc) is 3.02. The smallest absolute Gasteiger partial charge is 0.0706 e. The maximum Gasteiger partial charge on any atom is 0.0706 e. The molecule has 1 N–H and O–H groups in total. The van der Waals surface area contributed by atoms with Crippen LogP contribution >= 0.6 is 11.6 Å². The largest absolute Gasteiger partial charge is 0.391 e. The Labute approximate surface area is 150 Å². The number of hydrogen-bond acceptors (Lipinski definition) is 2. The van der Waals surface area contributed by atoms with Crippen molar-refractivity contribution >= 4 is 11.6 Å². The third kappa shape index (κ3) is 3.51. The van der Waals surface area contributed by atoms with E-state index in [2.05, 4.69) is 55.3 Å². The lowest BCUT2D eigenvalue weighted by atomic mass is 9.71. The van der Waals surface area contributed by atoms with Crippen molar-refractivity contribution in [3.05, 3.63) is 70.7 Å². The first-order valence-electron chi connectivity index (χ1n) is 8.70. The Bertz CT molecular complexity index is 657. The van der Waals surface area contributed by atoms with Gasteiger partial charge in [-0.1, -0.05) is 61.0 Å². The van der Waals surface area contributed by atoms with Gasteiger partial charge in [0.2, 0.25) is 0 Å². The van der Waals surface area contributed by atoms with Crippen molar-refractivity contribution < 1.29 is 5.11 Å². The molecule has 0 bridgehead atoms. The second-order valence-electron chi connectivity index (χ2n) is 7.17. The number of likely N-dealkylation sites (N-methyl/N-ethyl adjacent to an activating group) is 1. The third-order valence-corrected chi connectivity index (χ3v) is 5.78. The minimum atomic E-state index is -0.349. The molecule has 3 rings (SSSR count). The summed E-state index contributed by atoms with van der Waals surface area (Å²) < 4.78 is 0. The van der Waals surface area contributed by atoms with Crippen LogP contribution < -0.4 is 0 Å². The first-order chi connectivity index (χ1) is 11.5. The van der Waals surface area contributed by atoms with Crippen molar-refractivity contribution in [3.63, 3.8) is 0 Å². The summed E-state index contributed by atoms with van der Waals surface area (Å²) in [7, 11) is 2.11. The topological polar surface area (TPSA) is 23.5 Å². The van der Waals surface area contributed by atoms with Gasteiger partial charge in [-0.25, -0.2) is 0 Å². The predicted octanol–water partition coefficient (Wildman–Crippen LogP) is 4.49. The summed E-state index contributed by atoms with van der Waals surface area (Å²) in [5.74, 6) is 0. The summed E-state index contributed by atoms with van der Waals surface area (Å²) in [5, 5.41) is 11.7. The van der Waals surface area contributed by atoms with Crippen LogP contribution in [0.3, 0.4) is 0 Å². The molecule has 1 unspecified atom stereocenters. The van der Waals surface area contributed by atoms with E-state index in [1.54, 1.807) is 0 Å². The van der Waals surface area contributed by atoms with Crippen molar-refractivity contribution in [2.45, 2.75) is 43.7 Å². The fraction of sp³-hybridized carbons (Fsp3) is 0.429. The molecule has 0 amide bonds. The van der Waals surface area contributed by atoms with Gasteiger partial charge in [0.05, 0.1) is 6.10 Å². The number of benzene rings is 2. The minimum absolute atomic E-state index is 0.241. The number of hydrogen-bond donors (Lipinski definition) is 1. The van der Waals surface area contributed by atoms with Crippen LogP contribution in [0.5, 0.6) is 0 Å². The highest BCUT2D eigenvalue weighted by molar-refractivity contribution is 6.30. The van der Waals surface area contributed by atoms with Gasteiger partial charge in [0.15, 0.2) is 0 Å². The molecule has 1 fully saturated rings. The van der Waals surface area contributed by atoms with Crippen LogP contribution in [0.15, 0.2) is 54.6 Å². The van der Waals surface area contributed by atoms with E-state index in [-0.39, 0.29) is 17.6 Å². The Kier molecular flexibility index (Phi) is 5.29. The van der Waals surface area contributed by atoms with Crippen LogP contribution in [-0.2, 0) is 5.41 Å². The molecular weight excluding hydrogens is 318 g/mol. The Morgan fingerprint density at radius 3 is 2.33 bits per heavy atom. The van der Waals surface area contributed by atoms with Crippen molar-refractivity contribution in [1.82, 2.24) is 4.90 Å². The highest BCUT2D eigenvalue weighted by Crippen LogP contribution is 2.38. The van der Waals surface area contributed by atoms with E-state index < -0.39 is 0 Å². The summed E-state index contributed by atoms with van der Waals surface area (Å²) in [4.78, 5) is 2.29. The van der Waals surface area contributed by atoms with Crippen LogP contribution in [-0.4, -0.2) is 35.7 Å². The quantitative estimate of drug-likeness (QED) is 0.864. The first kappa shape index (κ1) is 17.5. The number of halogens is 1. The van der Waals surface area contributed by atoms with E-state index >= 15 is 0 Å². The normalized spacial score (nSPS) is 22.2. The van der Waals surface area contributed by atoms with Crippen molar-refractivity contribution in [1.29, 1.82) is 0 Å². The summed E-state index contributed by atoms with van der Waals surface area (Å²) in [6, 6.07) is 18.8. The zero-order valence-electron chi connectivity index (χ0n) is 14.5. The Balaban J connectivity index is 1.94. The lowest BCUT2D eigenvalue weighted by Crippen LogP contribution is -2.41. The van der Waals surface area contributed by atoms with Gasteiger partial charge in [0.25, 0.3) is 0 Å². The fourth-order valence-electron chi connectivity index (χ4n) is 4.00. The van der Waals surface area contributed by atoms with Gasteiger partial charge >= 0.3 is 0 Å². The minimum Gasteiger partial charge on any atom is -0.391 e. The van der Waals surface area contributed by atoms with E-state index in [9.17, 15) is 5.11 Å². The van der Waals surface area contributed by atoms with Crippen LogP contribution in [0.4, 0.5) is 0 Å². The molecule has 2 nitrogen and oxygen atoms in total. The highest BCUT2D eigenvalue weighted by atomic mass is 35.5. The van der Waals surface area contributed by atoms with E-state index in [4.69, 9.17) is 11.6 Å². The standard InChI is InChI=1S/C21H26ClNO/c1-21(16-7-4-3-5-8-16,17-10-12-18(22)13-11-17)15-20(24)19-9-6-14-23(19)2/h3-5,7-8,10-13,19-20,24H,6,9,14-15H2,1-2H3/t19-,20?,21-/m1/s1. The molecule has 0 spiro atoms. The number of aliphatic hydroxyl groups excluding tert-OH is 1. The third-order valence-electron chi connectivity index (χ3n) is 5.53. The van der Waals surface area contributed by atoms with Gasteiger partial charge in [-0.2, -0.15) is 0 Å². The average molecular weight is 344 g/mol. The Morgan fingerprint density at radius 1 is 1.12 bits per heavy atom. The van der Waals surface area contributed by atoms with Crippen LogP contribution in [0.25, 0.3) is 0 Å². The van der Waals surface area contributed by atoms with Crippen LogP contribution in [0, 0.1) is 0 Å². The number of rotatable bonds is 5. The number of likely N-dealkylation sites (tertiary alicyclic amines) is 1. The molecule has 1 saturated heterocycles. The van der Waals surface area contributed by atoms with E-state index in [0.717, 1.165) is 18.0 Å². The summed E-state index contributed by atoms with van der Waals surface area (Å²) in [6.45, 7) is 3.30. The molecule has 0 saturated carbocycles. The monoisotopic (exact) mass is 343 g/mol. The van der Waals surface area contributed by atoms with Crippen molar-refractivity contribution in [3.8, 4) is 0 Å². The zero-order chi connectivity index (χ0) is 17.2.